The summed E-state index contributed by atoms with van der Waals surface area (Å²) in [5, 5.41) is 9.08. The number of anilines is 2. The standard InChI is InChI=1S/C15H16F2N4O2/c1-9-7-13(15(16)17)21(20-9)8-14(23)19-12-5-3-11(4-6-12)18-10(2)22/h3-7,15H,8H2,1-2H3,(H,18,22)(H,19,23). The van der Waals surface area contributed by atoms with Gasteiger partial charge in [0.25, 0.3) is 6.43 Å². The molecule has 0 fully saturated rings. The Balaban J connectivity index is 2.01. The van der Waals surface area contributed by atoms with E-state index in [2.05, 4.69) is 15.7 Å². The lowest BCUT2D eigenvalue weighted by molar-refractivity contribution is -0.117. The molecule has 0 unspecified atom stereocenters. The minimum atomic E-state index is -2.69. The molecule has 0 aliphatic rings. The third kappa shape index (κ3) is 4.60. The number of amides is 2. The van der Waals surface area contributed by atoms with Gasteiger partial charge in [-0.25, -0.2) is 8.78 Å². The molecule has 0 saturated carbocycles. The summed E-state index contributed by atoms with van der Waals surface area (Å²) >= 11 is 0. The number of aromatic nitrogens is 2. The van der Waals surface area contributed by atoms with Gasteiger partial charge in [-0.3, -0.25) is 14.3 Å². The second-order valence-corrected chi connectivity index (χ2v) is 4.98. The first-order chi connectivity index (χ1) is 10.8. The molecule has 0 aliphatic carbocycles. The molecule has 0 saturated heterocycles. The van der Waals surface area contributed by atoms with E-state index in [0.717, 1.165) is 4.68 Å². The van der Waals surface area contributed by atoms with Crippen LogP contribution in [0.2, 0.25) is 0 Å². The average molecular weight is 322 g/mol. The summed E-state index contributed by atoms with van der Waals surface area (Å²) < 4.78 is 26.7. The van der Waals surface area contributed by atoms with Crippen LogP contribution in [0.25, 0.3) is 0 Å². The highest BCUT2D eigenvalue weighted by molar-refractivity contribution is 5.92. The van der Waals surface area contributed by atoms with Gasteiger partial charge in [-0.05, 0) is 37.3 Å². The monoisotopic (exact) mass is 322 g/mol. The molecular formula is C15H16F2N4O2. The number of nitrogens with one attached hydrogen (secondary N) is 2. The van der Waals surface area contributed by atoms with Crippen LogP contribution >= 0.6 is 0 Å². The Hall–Kier alpha value is -2.77. The Morgan fingerprint density at radius 1 is 1.17 bits per heavy atom. The summed E-state index contributed by atoms with van der Waals surface area (Å²) in [7, 11) is 0. The van der Waals surface area contributed by atoms with E-state index in [1.165, 1.54) is 13.0 Å². The average Bonchev–Trinajstić information content (AvgIpc) is 2.81. The van der Waals surface area contributed by atoms with E-state index < -0.39 is 12.3 Å². The molecular weight excluding hydrogens is 306 g/mol. The fourth-order valence-electron chi connectivity index (χ4n) is 2.04. The molecule has 0 radical (unpaired) electrons. The Kier molecular flexibility index (Phi) is 5.05. The highest BCUT2D eigenvalue weighted by Crippen LogP contribution is 2.20. The highest BCUT2D eigenvalue weighted by atomic mass is 19.3. The summed E-state index contributed by atoms with van der Waals surface area (Å²) in [5.41, 5.74) is 1.22. The summed E-state index contributed by atoms with van der Waals surface area (Å²) in [6, 6.07) is 7.70. The maximum atomic E-state index is 12.8. The molecule has 2 aromatic rings. The van der Waals surface area contributed by atoms with E-state index >= 15 is 0 Å². The van der Waals surface area contributed by atoms with Crippen molar-refractivity contribution in [2.24, 2.45) is 0 Å². The summed E-state index contributed by atoms with van der Waals surface area (Å²) in [6.45, 7) is 2.67. The number of halogens is 2. The van der Waals surface area contributed by atoms with Crippen LogP contribution in [0.5, 0.6) is 0 Å². The van der Waals surface area contributed by atoms with Crippen LogP contribution in [0.4, 0.5) is 20.2 Å². The summed E-state index contributed by atoms with van der Waals surface area (Å²) in [5.74, 6) is -0.669. The lowest BCUT2D eigenvalue weighted by atomic mass is 10.2. The van der Waals surface area contributed by atoms with Crippen LogP contribution in [0.15, 0.2) is 30.3 Å². The Bertz CT molecular complexity index is 711. The molecule has 1 heterocycles. The van der Waals surface area contributed by atoms with Crippen LogP contribution in [-0.4, -0.2) is 21.6 Å². The van der Waals surface area contributed by atoms with Gasteiger partial charge < -0.3 is 10.6 Å². The van der Waals surface area contributed by atoms with Crippen LogP contribution in [0, 0.1) is 6.92 Å². The Labute approximate surface area is 131 Å². The Morgan fingerprint density at radius 3 is 2.26 bits per heavy atom. The predicted octanol–water partition coefficient (Wildman–Crippen LogP) is 2.73. The smallest absolute Gasteiger partial charge is 0.280 e. The molecule has 1 aromatic heterocycles. The molecule has 0 spiro atoms. The van der Waals surface area contributed by atoms with Crippen molar-refractivity contribution in [3.05, 3.63) is 41.7 Å². The predicted molar refractivity (Wildman–Crippen MR) is 81.3 cm³/mol. The highest BCUT2D eigenvalue weighted by Gasteiger charge is 2.17. The first kappa shape index (κ1) is 16.6. The zero-order valence-electron chi connectivity index (χ0n) is 12.6. The quantitative estimate of drug-likeness (QED) is 0.888. The molecule has 1 aromatic carbocycles. The Morgan fingerprint density at radius 2 is 1.74 bits per heavy atom. The topological polar surface area (TPSA) is 76.0 Å². The second kappa shape index (κ2) is 6.99. The SMILES string of the molecule is CC(=O)Nc1ccc(NC(=O)Cn2nc(C)cc2C(F)F)cc1. The van der Waals surface area contributed by atoms with Crippen molar-refractivity contribution >= 4 is 23.2 Å². The number of rotatable bonds is 5. The fourth-order valence-corrected chi connectivity index (χ4v) is 2.04. The van der Waals surface area contributed by atoms with Gasteiger partial charge in [-0.2, -0.15) is 5.10 Å². The van der Waals surface area contributed by atoms with Gasteiger partial charge in [-0.15, -0.1) is 0 Å². The van der Waals surface area contributed by atoms with Crippen molar-refractivity contribution < 1.29 is 18.4 Å². The van der Waals surface area contributed by atoms with Gasteiger partial charge in [-0.1, -0.05) is 0 Å². The van der Waals surface area contributed by atoms with Crippen LogP contribution in [0.3, 0.4) is 0 Å². The normalized spacial score (nSPS) is 10.7. The lowest BCUT2D eigenvalue weighted by Gasteiger charge is -2.09. The van der Waals surface area contributed by atoms with Gasteiger partial charge in [0.2, 0.25) is 11.8 Å². The fraction of sp³-hybridized carbons (Fsp3) is 0.267. The molecule has 0 bridgehead atoms. The van der Waals surface area contributed by atoms with E-state index in [1.807, 2.05) is 0 Å². The number of carbonyl (C=O) groups is 2. The second-order valence-electron chi connectivity index (χ2n) is 4.98. The number of aryl methyl sites for hydroxylation is 1. The van der Waals surface area contributed by atoms with Crippen molar-refractivity contribution in [3.8, 4) is 0 Å². The van der Waals surface area contributed by atoms with E-state index in [4.69, 9.17) is 0 Å². The molecule has 2 rings (SSSR count). The van der Waals surface area contributed by atoms with Crippen molar-refractivity contribution in [3.63, 3.8) is 0 Å². The number of benzene rings is 1. The van der Waals surface area contributed by atoms with Gasteiger partial charge in [0.15, 0.2) is 0 Å². The lowest BCUT2D eigenvalue weighted by Crippen LogP contribution is -2.21. The van der Waals surface area contributed by atoms with Crippen molar-refractivity contribution in [2.75, 3.05) is 10.6 Å². The van der Waals surface area contributed by atoms with E-state index in [9.17, 15) is 18.4 Å². The van der Waals surface area contributed by atoms with Crippen molar-refractivity contribution in [1.29, 1.82) is 0 Å². The molecule has 8 heteroatoms. The van der Waals surface area contributed by atoms with Crippen LogP contribution < -0.4 is 10.6 Å². The van der Waals surface area contributed by atoms with Crippen LogP contribution in [0.1, 0.15) is 24.7 Å². The van der Waals surface area contributed by atoms with Gasteiger partial charge in [0, 0.05) is 18.3 Å². The first-order valence-electron chi connectivity index (χ1n) is 6.85. The number of hydrogen-bond donors (Lipinski definition) is 2. The zero-order chi connectivity index (χ0) is 17.0. The largest absolute Gasteiger partial charge is 0.326 e. The molecule has 2 amide bonds. The third-order valence-electron chi connectivity index (χ3n) is 2.94. The molecule has 23 heavy (non-hydrogen) atoms. The number of nitrogens with zero attached hydrogens (tertiary/aromatic N) is 2. The van der Waals surface area contributed by atoms with Crippen molar-refractivity contribution in [2.45, 2.75) is 26.8 Å². The minimum Gasteiger partial charge on any atom is -0.326 e. The maximum absolute atomic E-state index is 12.8. The first-order valence-corrected chi connectivity index (χ1v) is 6.85. The number of alkyl halides is 2. The molecule has 0 aliphatic heterocycles. The number of carbonyl (C=O) groups excluding carboxylic acids is 2. The maximum Gasteiger partial charge on any atom is 0.280 e. The minimum absolute atomic E-state index is 0.199. The van der Waals surface area contributed by atoms with Crippen LogP contribution in [-0.2, 0) is 16.1 Å². The molecule has 2 N–H and O–H groups in total. The van der Waals surface area contributed by atoms with E-state index in [0.29, 0.717) is 17.1 Å². The van der Waals surface area contributed by atoms with Gasteiger partial charge in [0.05, 0.1) is 5.69 Å². The van der Waals surface area contributed by atoms with E-state index in [-0.39, 0.29) is 18.1 Å². The zero-order valence-corrected chi connectivity index (χ0v) is 12.6. The molecule has 0 atom stereocenters. The molecule has 6 nitrogen and oxygen atoms in total. The number of hydrogen-bond acceptors (Lipinski definition) is 3. The third-order valence-corrected chi connectivity index (χ3v) is 2.94. The van der Waals surface area contributed by atoms with E-state index in [1.54, 1.807) is 31.2 Å². The molecule has 122 valence electrons. The van der Waals surface area contributed by atoms with Crippen molar-refractivity contribution in [1.82, 2.24) is 9.78 Å². The van der Waals surface area contributed by atoms with Gasteiger partial charge >= 0.3 is 0 Å². The summed E-state index contributed by atoms with van der Waals surface area (Å²) in [6.07, 6.45) is -2.69. The summed E-state index contributed by atoms with van der Waals surface area (Å²) in [4.78, 5) is 22.9. The van der Waals surface area contributed by atoms with Gasteiger partial charge in [0.1, 0.15) is 12.2 Å².